The minimum atomic E-state index is -1.03. The molecule has 1 atom stereocenters. The van der Waals surface area contributed by atoms with Crippen molar-refractivity contribution in [1.29, 1.82) is 0 Å². The molecular formula is C33H27F2N5O4. The molecule has 11 heteroatoms. The van der Waals surface area contributed by atoms with Crippen molar-refractivity contribution in [2.24, 2.45) is 0 Å². The van der Waals surface area contributed by atoms with Gasteiger partial charge >= 0.3 is 6.01 Å². The number of carbonyl (C=O) groups excluding carboxylic acids is 1. The number of benzene rings is 3. The molecule has 1 fully saturated rings. The van der Waals surface area contributed by atoms with Crippen LogP contribution in [-0.2, 0) is 4.79 Å². The fourth-order valence-electron chi connectivity index (χ4n) is 5.91. The van der Waals surface area contributed by atoms with Crippen LogP contribution in [0.25, 0.3) is 39.4 Å². The summed E-state index contributed by atoms with van der Waals surface area (Å²) in [6, 6.07) is 16.4. The number of ether oxygens (including phenoxy) is 1. The predicted octanol–water partition coefficient (Wildman–Crippen LogP) is 7.50. The maximum absolute atomic E-state index is 14.4. The number of amides is 1. The summed E-state index contributed by atoms with van der Waals surface area (Å²) >= 11 is 0. The average molecular weight is 596 g/mol. The molecule has 0 N–H and O–H groups in total. The molecule has 0 bridgehead atoms. The van der Waals surface area contributed by atoms with Gasteiger partial charge in [-0.05, 0) is 80.8 Å². The van der Waals surface area contributed by atoms with Crippen molar-refractivity contribution in [3.63, 3.8) is 0 Å². The van der Waals surface area contributed by atoms with Crippen LogP contribution in [0.2, 0.25) is 0 Å². The lowest BCUT2D eigenvalue weighted by molar-refractivity contribution is -0.120. The van der Waals surface area contributed by atoms with Crippen LogP contribution in [0.1, 0.15) is 42.6 Å². The monoisotopic (exact) mass is 595 g/mol. The first kappa shape index (κ1) is 27.5. The molecule has 0 radical (unpaired) electrons. The van der Waals surface area contributed by atoms with Gasteiger partial charge in [0, 0.05) is 29.3 Å². The first-order valence-corrected chi connectivity index (χ1v) is 14.2. The Balaban J connectivity index is 1.41. The predicted molar refractivity (Wildman–Crippen MR) is 159 cm³/mol. The van der Waals surface area contributed by atoms with Crippen molar-refractivity contribution in [2.45, 2.75) is 39.2 Å². The third-order valence-corrected chi connectivity index (χ3v) is 8.00. The Morgan fingerprint density at radius 1 is 0.955 bits per heavy atom. The summed E-state index contributed by atoms with van der Waals surface area (Å²) in [5.41, 5.74) is 5.49. The Bertz CT molecular complexity index is 2010. The highest BCUT2D eigenvalue weighted by Gasteiger charge is 2.36. The van der Waals surface area contributed by atoms with Gasteiger partial charge in [0.2, 0.25) is 5.91 Å². The Morgan fingerprint density at radius 2 is 1.75 bits per heavy atom. The summed E-state index contributed by atoms with van der Waals surface area (Å²) in [6.45, 7) is 3.73. The van der Waals surface area contributed by atoms with Gasteiger partial charge in [-0.3, -0.25) is 4.79 Å². The minimum absolute atomic E-state index is 0.214. The molecule has 0 unspecified atom stereocenters. The van der Waals surface area contributed by atoms with Crippen LogP contribution in [-0.4, -0.2) is 32.7 Å². The number of rotatable bonds is 6. The fourth-order valence-corrected chi connectivity index (χ4v) is 5.91. The van der Waals surface area contributed by atoms with E-state index in [4.69, 9.17) is 23.6 Å². The Labute approximate surface area is 250 Å². The number of oxazole rings is 1. The highest BCUT2D eigenvalue weighted by molar-refractivity contribution is 5.95. The number of imidazole rings is 1. The standard InChI is InChI=1S/C33H27F2N5O4/c1-18-31(19(2)44-38-18)21-9-14-28-26(15-21)36-32(29-5-4-6-30(41)39(29)22-10-13-24(34)25(35)16-22)40(28)33-37-27(17-43-33)20-7-11-23(42-3)12-8-20/h7-17,29H,4-6H2,1-3H3/t29-/m0/s1. The lowest BCUT2D eigenvalue weighted by atomic mass is 9.99. The third-order valence-electron chi connectivity index (χ3n) is 8.00. The lowest BCUT2D eigenvalue weighted by Gasteiger charge is -2.35. The zero-order valence-corrected chi connectivity index (χ0v) is 24.2. The molecule has 1 saturated heterocycles. The molecule has 3 aromatic heterocycles. The lowest BCUT2D eigenvalue weighted by Crippen LogP contribution is -2.39. The number of aromatic nitrogens is 4. The van der Waals surface area contributed by atoms with Crippen LogP contribution in [0.15, 0.2) is 75.9 Å². The number of fused-ring (bicyclic) bond motifs is 1. The summed E-state index contributed by atoms with van der Waals surface area (Å²) in [5.74, 6) is -0.353. The van der Waals surface area contributed by atoms with Gasteiger partial charge in [0.25, 0.3) is 0 Å². The minimum Gasteiger partial charge on any atom is -0.497 e. The van der Waals surface area contributed by atoms with Gasteiger partial charge in [-0.15, -0.1) is 0 Å². The maximum Gasteiger partial charge on any atom is 0.308 e. The van der Waals surface area contributed by atoms with Crippen molar-refractivity contribution in [3.8, 4) is 34.1 Å². The number of halogens is 2. The maximum atomic E-state index is 14.4. The third kappa shape index (κ3) is 4.61. The van der Waals surface area contributed by atoms with E-state index in [2.05, 4.69) is 5.16 Å². The van der Waals surface area contributed by atoms with E-state index in [0.717, 1.165) is 34.5 Å². The highest BCUT2D eigenvalue weighted by Crippen LogP contribution is 2.39. The van der Waals surface area contributed by atoms with Gasteiger partial charge in [-0.1, -0.05) is 11.2 Å². The van der Waals surface area contributed by atoms with Crippen LogP contribution in [0.5, 0.6) is 5.75 Å². The van der Waals surface area contributed by atoms with Crippen LogP contribution < -0.4 is 9.64 Å². The summed E-state index contributed by atoms with van der Waals surface area (Å²) in [5, 5.41) is 4.09. The summed E-state index contributed by atoms with van der Waals surface area (Å²) in [7, 11) is 1.60. The first-order chi connectivity index (χ1) is 21.3. The summed E-state index contributed by atoms with van der Waals surface area (Å²) in [6.07, 6.45) is 2.97. The van der Waals surface area contributed by atoms with Gasteiger partial charge < -0.3 is 18.6 Å². The zero-order valence-electron chi connectivity index (χ0n) is 24.2. The molecule has 3 aromatic carbocycles. The number of methoxy groups -OCH3 is 1. The summed E-state index contributed by atoms with van der Waals surface area (Å²) in [4.78, 5) is 24.7. The Hall–Kier alpha value is -5.32. The normalized spacial score (nSPS) is 15.3. The van der Waals surface area contributed by atoms with E-state index in [9.17, 15) is 13.6 Å². The van der Waals surface area contributed by atoms with E-state index < -0.39 is 17.7 Å². The van der Waals surface area contributed by atoms with E-state index in [1.807, 2.05) is 56.3 Å². The number of carbonyl (C=O) groups is 1. The first-order valence-electron chi connectivity index (χ1n) is 14.2. The van der Waals surface area contributed by atoms with E-state index >= 15 is 0 Å². The van der Waals surface area contributed by atoms with E-state index in [1.54, 1.807) is 17.9 Å². The molecule has 0 aliphatic carbocycles. The number of piperidine rings is 1. The van der Waals surface area contributed by atoms with Crippen molar-refractivity contribution in [3.05, 3.63) is 95.8 Å². The van der Waals surface area contributed by atoms with Crippen LogP contribution in [0.3, 0.4) is 0 Å². The molecule has 4 heterocycles. The van der Waals surface area contributed by atoms with Crippen LogP contribution in [0, 0.1) is 25.5 Å². The number of anilines is 1. The molecule has 1 aliphatic heterocycles. The van der Waals surface area contributed by atoms with Crippen LogP contribution >= 0.6 is 0 Å². The van der Waals surface area contributed by atoms with Crippen LogP contribution in [0.4, 0.5) is 14.5 Å². The molecule has 9 nitrogen and oxygen atoms in total. The van der Waals surface area contributed by atoms with E-state index in [0.29, 0.717) is 46.9 Å². The molecule has 7 rings (SSSR count). The van der Waals surface area contributed by atoms with Gasteiger partial charge in [0.1, 0.15) is 29.3 Å². The molecule has 0 saturated carbocycles. The molecule has 1 amide bonds. The Kier molecular flexibility index (Phi) is 6.72. The molecule has 0 spiro atoms. The van der Waals surface area contributed by atoms with Gasteiger partial charge in [0.15, 0.2) is 11.6 Å². The number of aryl methyl sites for hydroxylation is 2. The number of hydrogen-bond donors (Lipinski definition) is 0. The second-order valence-corrected chi connectivity index (χ2v) is 10.7. The van der Waals surface area contributed by atoms with Crippen molar-refractivity contribution in [2.75, 3.05) is 12.0 Å². The van der Waals surface area contributed by atoms with E-state index in [1.165, 1.54) is 11.0 Å². The topological polar surface area (TPSA) is 99.4 Å². The van der Waals surface area contributed by atoms with Crippen molar-refractivity contribution in [1.82, 2.24) is 19.7 Å². The second-order valence-electron chi connectivity index (χ2n) is 10.7. The van der Waals surface area contributed by atoms with Gasteiger partial charge in [-0.2, -0.15) is 4.98 Å². The molecule has 222 valence electrons. The second kappa shape index (κ2) is 10.7. The smallest absolute Gasteiger partial charge is 0.308 e. The molecule has 44 heavy (non-hydrogen) atoms. The summed E-state index contributed by atoms with van der Waals surface area (Å²) < 4.78 is 46.8. The Morgan fingerprint density at radius 3 is 2.48 bits per heavy atom. The van der Waals surface area contributed by atoms with E-state index in [-0.39, 0.29) is 24.0 Å². The molecular weight excluding hydrogens is 568 g/mol. The van der Waals surface area contributed by atoms with Crippen molar-refractivity contribution < 1.29 is 27.3 Å². The average Bonchev–Trinajstić information content (AvgIpc) is 3.75. The number of nitrogens with zero attached hydrogens (tertiary/aromatic N) is 5. The number of hydrogen-bond acceptors (Lipinski definition) is 7. The quantitative estimate of drug-likeness (QED) is 0.197. The molecule has 6 aromatic rings. The zero-order chi connectivity index (χ0) is 30.5. The molecule has 1 aliphatic rings. The van der Waals surface area contributed by atoms with Gasteiger partial charge in [-0.25, -0.2) is 18.3 Å². The highest BCUT2D eigenvalue weighted by atomic mass is 19.2. The largest absolute Gasteiger partial charge is 0.497 e. The fraction of sp³-hybridized carbons (Fsp3) is 0.212. The SMILES string of the molecule is COc1ccc(-c2coc(-n3c([C@@H]4CCCC(=O)N4c4ccc(F)c(F)c4)nc4cc(-c5c(C)noc5C)ccc43)n2)cc1. The van der Waals surface area contributed by atoms with Crippen molar-refractivity contribution >= 4 is 22.6 Å². The van der Waals surface area contributed by atoms with Gasteiger partial charge in [0.05, 0.1) is 29.9 Å².